The molecule has 0 radical (unpaired) electrons. The number of hydrogen-bond donors (Lipinski definition) is 3. The van der Waals surface area contributed by atoms with Crippen LogP contribution in [-0.4, -0.2) is 46.9 Å². The van der Waals surface area contributed by atoms with Gasteiger partial charge in [-0.05, 0) is 62.1 Å². The van der Waals surface area contributed by atoms with E-state index in [1.165, 1.54) is 4.90 Å². The van der Waals surface area contributed by atoms with E-state index in [1.807, 2.05) is 72.8 Å². The van der Waals surface area contributed by atoms with Gasteiger partial charge in [0.05, 0.1) is 0 Å². The van der Waals surface area contributed by atoms with Crippen LogP contribution in [0.15, 0.2) is 72.8 Å². The molecule has 0 aliphatic heterocycles. The molecule has 0 saturated heterocycles. The number of alkyl carbamates (subject to hydrolysis) is 1. The van der Waals surface area contributed by atoms with Crippen molar-refractivity contribution in [3.8, 4) is 0 Å². The van der Waals surface area contributed by atoms with Gasteiger partial charge in [-0.15, -0.1) is 0 Å². The van der Waals surface area contributed by atoms with Crippen LogP contribution in [0.25, 0.3) is 10.8 Å². The average Bonchev–Trinajstić information content (AvgIpc) is 2.99. The van der Waals surface area contributed by atoms with E-state index >= 15 is 0 Å². The summed E-state index contributed by atoms with van der Waals surface area (Å²) in [6.45, 7) is 7.60. The number of anilines is 1. The van der Waals surface area contributed by atoms with Gasteiger partial charge in [0.25, 0.3) is 5.91 Å². The summed E-state index contributed by atoms with van der Waals surface area (Å²) in [5, 5.41) is 7.69. The van der Waals surface area contributed by atoms with Gasteiger partial charge in [-0.1, -0.05) is 99.7 Å². The number of amides is 4. The van der Waals surface area contributed by atoms with Crippen molar-refractivity contribution in [3.05, 3.63) is 78.4 Å². The Labute approximate surface area is 266 Å². The zero-order valence-corrected chi connectivity index (χ0v) is 27.0. The number of hydrogen-bond acceptors (Lipinski definition) is 5. The summed E-state index contributed by atoms with van der Waals surface area (Å²) in [5.74, 6) is -1.48. The Morgan fingerprint density at radius 2 is 1.49 bits per heavy atom. The second-order valence-corrected chi connectivity index (χ2v) is 12.4. The van der Waals surface area contributed by atoms with Crippen LogP contribution < -0.4 is 16.4 Å². The molecule has 0 spiro atoms. The Morgan fingerprint density at radius 3 is 2.16 bits per heavy atom. The van der Waals surface area contributed by atoms with Crippen molar-refractivity contribution in [2.45, 2.75) is 96.7 Å². The lowest BCUT2D eigenvalue weighted by molar-refractivity contribution is -0.141. The van der Waals surface area contributed by atoms with Gasteiger partial charge in [0.15, 0.2) is 0 Å². The number of carbonyl (C=O) groups excluding carboxylic acids is 4. The van der Waals surface area contributed by atoms with E-state index in [9.17, 15) is 19.2 Å². The van der Waals surface area contributed by atoms with Gasteiger partial charge in [0, 0.05) is 18.7 Å². The average molecular weight is 617 g/mol. The minimum Gasteiger partial charge on any atom is -0.444 e. The van der Waals surface area contributed by atoms with Crippen LogP contribution in [0.4, 0.5) is 10.5 Å². The standard InChI is InChI=1S/C36H48N4O5/c1-5-6-7-8-9-15-24-40(34(43)30(22-23-31(37)41)39-35(44)45-36(2,3)4)32(27-17-11-10-12-18-27)33(42)38-29-21-20-26-16-13-14-19-28(26)25-29/h10-14,16-21,25,30,32H,5-9,15,22-24H2,1-4H3,(H2,37,41)(H,38,42)(H,39,44). The maximum absolute atomic E-state index is 14.4. The minimum absolute atomic E-state index is 0.0335. The molecule has 0 saturated carbocycles. The molecular weight excluding hydrogens is 568 g/mol. The topological polar surface area (TPSA) is 131 Å². The highest BCUT2D eigenvalue weighted by Gasteiger charge is 2.36. The van der Waals surface area contributed by atoms with Crippen molar-refractivity contribution in [3.63, 3.8) is 0 Å². The second kappa shape index (κ2) is 17.2. The largest absolute Gasteiger partial charge is 0.444 e. The fourth-order valence-electron chi connectivity index (χ4n) is 5.21. The maximum atomic E-state index is 14.4. The number of fused-ring (bicyclic) bond motifs is 1. The highest BCUT2D eigenvalue weighted by Crippen LogP contribution is 2.27. The third kappa shape index (κ3) is 11.6. The molecule has 3 aromatic rings. The summed E-state index contributed by atoms with van der Waals surface area (Å²) in [6, 6.07) is 20.5. The van der Waals surface area contributed by atoms with Gasteiger partial charge in [-0.25, -0.2) is 4.79 Å². The predicted octanol–water partition coefficient (Wildman–Crippen LogP) is 6.87. The summed E-state index contributed by atoms with van der Waals surface area (Å²) in [5.41, 5.74) is 5.87. The monoisotopic (exact) mass is 616 g/mol. The summed E-state index contributed by atoms with van der Waals surface area (Å²) < 4.78 is 5.43. The van der Waals surface area contributed by atoms with E-state index in [4.69, 9.17) is 10.5 Å². The number of benzene rings is 3. The van der Waals surface area contributed by atoms with Gasteiger partial charge in [0.1, 0.15) is 17.7 Å². The normalized spacial score (nSPS) is 12.6. The zero-order chi connectivity index (χ0) is 32.8. The van der Waals surface area contributed by atoms with Gasteiger partial charge >= 0.3 is 6.09 Å². The van der Waals surface area contributed by atoms with Gasteiger partial charge < -0.3 is 26.0 Å². The number of primary amides is 1. The molecule has 3 aromatic carbocycles. The van der Waals surface area contributed by atoms with Crippen molar-refractivity contribution >= 4 is 40.3 Å². The van der Waals surface area contributed by atoms with Crippen molar-refractivity contribution in [2.24, 2.45) is 5.73 Å². The SMILES string of the molecule is CCCCCCCCN(C(=O)C(CCC(N)=O)NC(=O)OC(C)(C)C)C(C(=O)Nc1ccc2ccccc2c1)c1ccccc1. The Hall–Kier alpha value is -4.40. The molecule has 0 aliphatic rings. The van der Waals surface area contributed by atoms with Crippen molar-refractivity contribution in [2.75, 3.05) is 11.9 Å². The number of unbranched alkanes of at least 4 members (excludes halogenated alkanes) is 5. The molecule has 3 rings (SSSR count). The highest BCUT2D eigenvalue weighted by molar-refractivity contribution is 6.00. The molecule has 242 valence electrons. The van der Waals surface area contributed by atoms with E-state index in [1.54, 1.807) is 20.8 Å². The number of nitrogens with zero attached hydrogens (tertiary/aromatic N) is 1. The third-order valence-corrected chi connectivity index (χ3v) is 7.40. The fraction of sp³-hybridized carbons (Fsp3) is 0.444. The van der Waals surface area contributed by atoms with Crippen LogP contribution in [0.3, 0.4) is 0 Å². The zero-order valence-electron chi connectivity index (χ0n) is 27.0. The van der Waals surface area contributed by atoms with Crippen LogP contribution >= 0.6 is 0 Å². The molecule has 2 atom stereocenters. The summed E-state index contributed by atoms with van der Waals surface area (Å²) in [4.78, 5) is 54.7. The second-order valence-electron chi connectivity index (χ2n) is 12.4. The Morgan fingerprint density at radius 1 is 0.844 bits per heavy atom. The molecule has 0 bridgehead atoms. The van der Waals surface area contributed by atoms with E-state index in [2.05, 4.69) is 17.6 Å². The molecule has 9 nitrogen and oxygen atoms in total. The first kappa shape index (κ1) is 35.1. The minimum atomic E-state index is -1.13. The molecule has 0 aromatic heterocycles. The summed E-state index contributed by atoms with van der Waals surface area (Å²) in [7, 11) is 0. The fourth-order valence-corrected chi connectivity index (χ4v) is 5.21. The number of carbonyl (C=O) groups is 4. The van der Waals surface area contributed by atoms with Crippen LogP contribution in [0.1, 0.15) is 90.7 Å². The van der Waals surface area contributed by atoms with E-state index < -0.39 is 35.6 Å². The first-order chi connectivity index (χ1) is 21.5. The molecule has 4 N–H and O–H groups in total. The van der Waals surface area contributed by atoms with Crippen LogP contribution in [-0.2, 0) is 19.1 Å². The number of nitrogens with one attached hydrogen (secondary N) is 2. The third-order valence-electron chi connectivity index (χ3n) is 7.40. The van der Waals surface area contributed by atoms with Crippen LogP contribution in [0, 0.1) is 0 Å². The predicted molar refractivity (Wildman–Crippen MR) is 178 cm³/mol. The van der Waals surface area contributed by atoms with Crippen molar-refractivity contribution < 1.29 is 23.9 Å². The molecule has 0 fully saturated rings. The number of ether oxygens (including phenoxy) is 1. The number of nitrogens with two attached hydrogens (primary N) is 1. The van der Waals surface area contributed by atoms with Gasteiger partial charge in [-0.3, -0.25) is 14.4 Å². The molecule has 2 unspecified atom stereocenters. The highest BCUT2D eigenvalue weighted by atomic mass is 16.6. The maximum Gasteiger partial charge on any atom is 0.408 e. The molecule has 45 heavy (non-hydrogen) atoms. The van der Waals surface area contributed by atoms with Gasteiger partial charge in [0.2, 0.25) is 11.8 Å². The Balaban J connectivity index is 1.98. The first-order valence-electron chi connectivity index (χ1n) is 15.9. The summed E-state index contributed by atoms with van der Waals surface area (Å²) >= 11 is 0. The van der Waals surface area contributed by atoms with Gasteiger partial charge in [-0.2, -0.15) is 0 Å². The molecule has 0 aliphatic carbocycles. The molecule has 4 amide bonds. The van der Waals surface area contributed by atoms with Crippen molar-refractivity contribution in [1.29, 1.82) is 0 Å². The Kier molecular flexibility index (Phi) is 13.4. The van der Waals surface area contributed by atoms with Crippen LogP contribution in [0.5, 0.6) is 0 Å². The van der Waals surface area contributed by atoms with E-state index in [-0.39, 0.29) is 25.3 Å². The van der Waals surface area contributed by atoms with E-state index in [0.717, 1.165) is 42.9 Å². The Bertz CT molecular complexity index is 1420. The van der Waals surface area contributed by atoms with E-state index in [0.29, 0.717) is 17.7 Å². The molecule has 0 heterocycles. The quantitative estimate of drug-likeness (QED) is 0.151. The smallest absolute Gasteiger partial charge is 0.408 e. The van der Waals surface area contributed by atoms with Crippen LogP contribution in [0.2, 0.25) is 0 Å². The van der Waals surface area contributed by atoms with Crippen molar-refractivity contribution in [1.82, 2.24) is 10.2 Å². The first-order valence-corrected chi connectivity index (χ1v) is 15.9. The lowest BCUT2D eigenvalue weighted by Crippen LogP contribution is -2.52. The lowest BCUT2D eigenvalue weighted by Gasteiger charge is -2.34. The number of rotatable bonds is 16. The molecular formula is C36H48N4O5. The summed E-state index contributed by atoms with van der Waals surface area (Å²) in [6.07, 6.45) is 4.95. The lowest BCUT2D eigenvalue weighted by atomic mass is 10.0. The molecule has 9 heteroatoms.